The largest absolute Gasteiger partial charge is 0.391 e. The summed E-state index contributed by atoms with van der Waals surface area (Å²) in [5.41, 5.74) is 0.0903. The lowest BCUT2D eigenvalue weighted by molar-refractivity contribution is 0.275. The van der Waals surface area contributed by atoms with Crippen LogP contribution in [0, 0.1) is 11.6 Å². The second-order valence-corrected chi connectivity index (χ2v) is 2.91. The van der Waals surface area contributed by atoms with Gasteiger partial charge in [-0.2, -0.15) is 0 Å². The first-order chi connectivity index (χ1) is 6.07. The molecule has 1 aromatic rings. The minimum Gasteiger partial charge on any atom is -0.391 e. The van der Waals surface area contributed by atoms with Crippen molar-refractivity contribution < 1.29 is 13.9 Å². The van der Waals surface area contributed by atoms with Gasteiger partial charge in [0.1, 0.15) is 11.6 Å². The molecule has 0 aliphatic heterocycles. The van der Waals surface area contributed by atoms with Crippen LogP contribution in [0.3, 0.4) is 0 Å². The van der Waals surface area contributed by atoms with Crippen molar-refractivity contribution in [2.45, 2.75) is 6.61 Å². The van der Waals surface area contributed by atoms with Crippen molar-refractivity contribution in [2.24, 2.45) is 0 Å². The van der Waals surface area contributed by atoms with Crippen molar-refractivity contribution in [3.8, 4) is 0 Å². The quantitative estimate of drug-likeness (QED) is 0.758. The van der Waals surface area contributed by atoms with Crippen LogP contribution < -0.4 is 4.90 Å². The van der Waals surface area contributed by atoms with Crippen LogP contribution in [0.4, 0.5) is 14.5 Å². The van der Waals surface area contributed by atoms with Gasteiger partial charge in [-0.05, 0) is 12.1 Å². The molecular weight excluding hydrogens is 176 g/mol. The Hall–Kier alpha value is -1.16. The summed E-state index contributed by atoms with van der Waals surface area (Å²) < 4.78 is 26.2. The minimum absolute atomic E-state index is 0.00926. The zero-order valence-corrected chi connectivity index (χ0v) is 7.51. The van der Waals surface area contributed by atoms with Gasteiger partial charge < -0.3 is 10.0 Å². The first-order valence-electron chi connectivity index (χ1n) is 3.83. The molecule has 4 heteroatoms. The zero-order chi connectivity index (χ0) is 10.0. The van der Waals surface area contributed by atoms with Gasteiger partial charge >= 0.3 is 0 Å². The summed E-state index contributed by atoms with van der Waals surface area (Å²) in [6.45, 7) is -0.503. The van der Waals surface area contributed by atoms with Gasteiger partial charge in [-0.1, -0.05) is 0 Å². The molecule has 1 rings (SSSR count). The number of benzene rings is 1. The smallest absolute Gasteiger partial charge is 0.147 e. The molecule has 0 atom stereocenters. The number of hydrogen-bond acceptors (Lipinski definition) is 2. The number of aliphatic hydroxyl groups excluding tert-OH is 1. The van der Waals surface area contributed by atoms with Crippen LogP contribution in [0.15, 0.2) is 12.1 Å². The average Bonchev–Trinajstić information content (AvgIpc) is 2.07. The Balaban J connectivity index is 3.35. The molecule has 0 aliphatic carbocycles. The molecule has 0 bridgehead atoms. The van der Waals surface area contributed by atoms with Crippen LogP contribution in [-0.4, -0.2) is 19.2 Å². The van der Waals surface area contributed by atoms with Crippen LogP contribution in [0.5, 0.6) is 0 Å². The number of halogens is 2. The van der Waals surface area contributed by atoms with Crippen LogP contribution >= 0.6 is 0 Å². The molecule has 13 heavy (non-hydrogen) atoms. The van der Waals surface area contributed by atoms with E-state index in [0.717, 1.165) is 12.1 Å². The summed E-state index contributed by atoms with van der Waals surface area (Å²) in [5, 5.41) is 8.84. The molecule has 0 aromatic heterocycles. The molecular formula is C9H11F2NO. The molecule has 0 fully saturated rings. The fourth-order valence-corrected chi connectivity index (χ4v) is 1.22. The molecule has 2 nitrogen and oxygen atoms in total. The van der Waals surface area contributed by atoms with Crippen LogP contribution in [-0.2, 0) is 6.61 Å². The van der Waals surface area contributed by atoms with Crippen molar-refractivity contribution in [3.05, 3.63) is 29.3 Å². The highest BCUT2D eigenvalue weighted by molar-refractivity contribution is 5.54. The summed E-state index contributed by atoms with van der Waals surface area (Å²) in [6.07, 6.45) is 0. The Kier molecular flexibility index (Phi) is 2.83. The third kappa shape index (κ3) is 1.78. The molecule has 0 spiro atoms. The van der Waals surface area contributed by atoms with E-state index in [4.69, 9.17) is 5.11 Å². The normalized spacial score (nSPS) is 10.2. The monoisotopic (exact) mass is 187 g/mol. The number of hydrogen-bond donors (Lipinski definition) is 1. The lowest BCUT2D eigenvalue weighted by Gasteiger charge is -2.17. The molecule has 1 N–H and O–H groups in total. The molecule has 0 unspecified atom stereocenters. The SMILES string of the molecule is CN(C)c1c(F)ccc(F)c1CO. The average molecular weight is 187 g/mol. The van der Waals surface area contributed by atoms with E-state index in [1.807, 2.05) is 0 Å². The summed E-state index contributed by atoms with van der Waals surface area (Å²) in [5.74, 6) is -1.12. The topological polar surface area (TPSA) is 23.5 Å². The van der Waals surface area contributed by atoms with Crippen LogP contribution in [0.25, 0.3) is 0 Å². The van der Waals surface area contributed by atoms with E-state index in [-0.39, 0.29) is 11.3 Å². The van der Waals surface area contributed by atoms with E-state index < -0.39 is 18.2 Å². The van der Waals surface area contributed by atoms with E-state index in [1.165, 1.54) is 4.90 Å². The highest BCUT2D eigenvalue weighted by Gasteiger charge is 2.14. The van der Waals surface area contributed by atoms with Crippen molar-refractivity contribution >= 4 is 5.69 Å². The summed E-state index contributed by atoms with van der Waals surface area (Å²) >= 11 is 0. The Morgan fingerprint density at radius 1 is 1.23 bits per heavy atom. The van der Waals surface area contributed by atoms with E-state index in [0.29, 0.717) is 0 Å². The molecule has 0 saturated carbocycles. The van der Waals surface area contributed by atoms with Crippen molar-refractivity contribution in [1.82, 2.24) is 0 Å². The van der Waals surface area contributed by atoms with Gasteiger partial charge in [0.05, 0.1) is 12.3 Å². The Bertz CT molecular complexity index is 313. The fourth-order valence-electron chi connectivity index (χ4n) is 1.22. The maximum atomic E-state index is 13.1. The maximum Gasteiger partial charge on any atom is 0.147 e. The predicted molar refractivity (Wildman–Crippen MR) is 46.6 cm³/mol. The number of rotatable bonds is 2. The van der Waals surface area contributed by atoms with Gasteiger partial charge in [-0.25, -0.2) is 8.78 Å². The third-order valence-corrected chi connectivity index (χ3v) is 1.78. The molecule has 0 amide bonds. The van der Waals surface area contributed by atoms with E-state index in [9.17, 15) is 8.78 Å². The van der Waals surface area contributed by atoms with Gasteiger partial charge in [-0.3, -0.25) is 0 Å². The van der Waals surface area contributed by atoms with E-state index in [2.05, 4.69) is 0 Å². The van der Waals surface area contributed by atoms with Crippen molar-refractivity contribution in [3.63, 3.8) is 0 Å². The summed E-state index contributed by atoms with van der Waals surface area (Å²) in [4.78, 5) is 1.43. The maximum absolute atomic E-state index is 13.1. The van der Waals surface area contributed by atoms with Gasteiger partial charge in [0.25, 0.3) is 0 Å². The Morgan fingerprint density at radius 3 is 2.15 bits per heavy atom. The Labute approximate surface area is 75.4 Å². The number of nitrogens with zero attached hydrogens (tertiary/aromatic N) is 1. The minimum atomic E-state index is -0.590. The van der Waals surface area contributed by atoms with Gasteiger partial charge in [0, 0.05) is 19.7 Å². The second kappa shape index (κ2) is 3.70. The van der Waals surface area contributed by atoms with E-state index in [1.54, 1.807) is 14.1 Å². The lowest BCUT2D eigenvalue weighted by Crippen LogP contribution is -2.14. The standard InChI is InChI=1S/C9H11F2NO/c1-12(2)9-6(5-13)7(10)3-4-8(9)11/h3-4,13H,5H2,1-2H3. The number of anilines is 1. The lowest BCUT2D eigenvalue weighted by atomic mass is 10.1. The highest BCUT2D eigenvalue weighted by atomic mass is 19.1. The highest BCUT2D eigenvalue weighted by Crippen LogP contribution is 2.25. The molecule has 0 radical (unpaired) electrons. The molecule has 0 heterocycles. The van der Waals surface area contributed by atoms with Gasteiger partial charge in [0.2, 0.25) is 0 Å². The molecule has 72 valence electrons. The van der Waals surface area contributed by atoms with Crippen molar-refractivity contribution in [1.29, 1.82) is 0 Å². The molecule has 1 aromatic carbocycles. The second-order valence-electron chi connectivity index (χ2n) is 2.91. The molecule has 0 saturated heterocycles. The van der Waals surface area contributed by atoms with Gasteiger partial charge in [0.15, 0.2) is 0 Å². The van der Waals surface area contributed by atoms with E-state index >= 15 is 0 Å². The first-order valence-corrected chi connectivity index (χ1v) is 3.83. The zero-order valence-electron chi connectivity index (χ0n) is 7.51. The number of aliphatic hydroxyl groups is 1. The van der Waals surface area contributed by atoms with Gasteiger partial charge in [-0.15, -0.1) is 0 Å². The van der Waals surface area contributed by atoms with Crippen LogP contribution in [0.1, 0.15) is 5.56 Å². The third-order valence-electron chi connectivity index (χ3n) is 1.78. The summed E-state index contributed by atoms with van der Waals surface area (Å²) in [7, 11) is 3.19. The summed E-state index contributed by atoms with van der Waals surface area (Å²) in [6, 6.07) is 2.05. The molecule has 0 aliphatic rings. The fraction of sp³-hybridized carbons (Fsp3) is 0.333. The predicted octanol–water partition coefficient (Wildman–Crippen LogP) is 1.52. The van der Waals surface area contributed by atoms with Crippen molar-refractivity contribution in [2.75, 3.05) is 19.0 Å². The van der Waals surface area contributed by atoms with Crippen LogP contribution in [0.2, 0.25) is 0 Å². The Morgan fingerprint density at radius 2 is 1.77 bits per heavy atom. The first kappa shape index (κ1) is 9.92.